The van der Waals surface area contributed by atoms with E-state index in [0.29, 0.717) is 11.4 Å². The van der Waals surface area contributed by atoms with Crippen molar-refractivity contribution in [2.45, 2.75) is 44.8 Å². The molecule has 2 N–H and O–H groups in total. The average molecular weight is 569 g/mol. The molecule has 1 saturated carbocycles. The van der Waals surface area contributed by atoms with E-state index in [2.05, 4.69) is 25.3 Å². The molecule has 13 heteroatoms. The van der Waals surface area contributed by atoms with Crippen molar-refractivity contribution in [1.29, 1.82) is 0 Å². The second kappa shape index (κ2) is 14.3. The number of piperazine rings is 1. The van der Waals surface area contributed by atoms with Gasteiger partial charge in [-0.1, -0.05) is 30.3 Å². The fraction of sp³-hybridized carbons (Fsp3) is 0.500. The Bertz CT molecular complexity index is 1210. The van der Waals surface area contributed by atoms with Crippen LogP contribution in [0.4, 0.5) is 9.59 Å². The van der Waals surface area contributed by atoms with Gasteiger partial charge in [0.2, 0.25) is 11.8 Å². The van der Waals surface area contributed by atoms with Crippen LogP contribution in [0, 0.1) is 0 Å². The smallest absolute Gasteiger partial charge is 0.409 e. The van der Waals surface area contributed by atoms with Gasteiger partial charge in [-0.2, -0.15) is 4.98 Å². The first-order valence-electron chi connectivity index (χ1n) is 13.8. The highest BCUT2D eigenvalue weighted by molar-refractivity contribution is 5.97. The van der Waals surface area contributed by atoms with Crippen LogP contribution in [-0.4, -0.2) is 102 Å². The van der Waals surface area contributed by atoms with Crippen LogP contribution in [0.3, 0.4) is 0 Å². The predicted octanol–water partition coefficient (Wildman–Crippen LogP) is 2.22. The fourth-order valence-electron chi connectivity index (χ4n) is 4.73. The molecule has 0 bridgehead atoms. The highest BCUT2D eigenvalue weighted by atomic mass is 16.6. The number of alkyl carbamates (subject to hydrolysis) is 1. The minimum Gasteiger partial charge on any atom is -0.474 e. The molecule has 1 aliphatic carbocycles. The molecule has 4 rings (SSSR count). The van der Waals surface area contributed by atoms with Gasteiger partial charge < -0.3 is 34.6 Å². The lowest BCUT2D eigenvalue weighted by Gasteiger charge is -2.35. The first-order valence-corrected chi connectivity index (χ1v) is 13.8. The van der Waals surface area contributed by atoms with Gasteiger partial charge in [-0.3, -0.25) is 9.59 Å². The number of carbonyl (C=O) groups is 4. The number of amides is 4. The van der Waals surface area contributed by atoms with Crippen molar-refractivity contribution < 1.29 is 33.4 Å². The van der Waals surface area contributed by atoms with Crippen LogP contribution in [0.25, 0.3) is 11.4 Å². The van der Waals surface area contributed by atoms with E-state index in [1.165, 1.54) is 23.0 Å². The summed E-state index contributed by atoms with van der Waals surface area (Å²) < 4.78 is 15.8. The van der Waals surface area contributed by atoms with E-state index in [0.717, 1.165) is 25.7 Å². The molecule has 13 nitrogen and oxygen atoms in total. The number of aromatic nitrogens is 2. The zero-order chi connectivity index (χ0) is 29.2. The molecule has 2 aliphatic rings. The summed E-state index contributed by atoms with van der Waals surface area (Å²) in [6.45, 7) is 2.82. The summed E-state index contributed by atoms with van der Waals surface area (Å²) in [5, 5.41) is 5.20. The van der Waals surface area contributed by atoms with Gasteiger partial charge in [0.15, 0.2) is 5.82 Å². The molecule has 2 fully saturated rings. The summed E-state index contributed by atoms with van der Waals surface area (Å²) in [6, 6.07) is 9.57. The van der Waals surface area contributed by atoms with Crippen LogP contribution >= 0.6 is 0 Å². The molecule has 1 saturated heterocycles. The van der Waals surface area contributed by atoms with Crippen molar-refractivity contribution in [2.75, 3.05) is 46.4 Å². The average Bonchev–Trinajstić information content (AvgIpc) is 3.52. The van der Waals surface area contributed by atoms with Gasteiger partial charge in [-0.15, -0.1) is 0 Å². The van der Waals surface area contributed by atoms with Gasteiger partial charge >= 0.3 is 12.2 Å². The van der Waals surface area contributed by atoms with Crippen molar-refractivity contribution in [3.05, 3.63) is 42.1 Å². The minimum absolute atomic E-state index is 0.0105. The number of ether oxygens (including phenoxy) is 3. The summed E-state index contributed by atoms with van der Waals surface area (Å²) >= 11 is 0. The Kier molecular flexibility index (Phi) is 10.3. The Morgan fingerprint density at radius 1 is 1.00 bits per heavy atom. The van der Waals surface area contributed by atoms with Crippen molar-refractivity contribution >= 4 is 24.0 Å². The topological polar surface area (TPSA) is 152 Å². The van der Waals surface area contributed by atoms with E-state index in [1.54, 1.807) is 6.92 Å². The van der Waals surface area contributed by atoms with Gasteiger partial charge in [-0.05, 0) is 32.6 Å². The van der Waals surface area contributed by atoms with Gasteiger partial charge in [0, 0.05) is 37.8 Å². The molecular formula is C28H36N6O7. The third-order valence-electron chi connectivity index (χ3n) is 6.91. The van der Waals surface area contributed by atoms with Gasteiger partial charge in [0.05, 0.1) is 20.3 Å². The maximum atomic E-state index is 13.5. The Morgan fingerprint density at radius 3 is 2.34 bits per heavy atom. The third-order valence-corrected chi connectivity index (χ3v) is 6.91. The van der Waals surface area contributed by atoms with Crippen molar-refractivity contribution in [3.8, 4) is 17.3 Å². The maximum absolute atomic E-state index is 13.5. The monoisotopic (exact) mass is 568 g/mol. The van der Waals surface area contributed by atoms with Crippen LogP contribution in [0.5, 0.6) is 5.88 Å². The van der Waals surface area contributed by atoms with Crippen molar-refractivity contribution in [3.63, 3.8) is 0 Å². The molecule has 0 spiro atoms. The van der Waals surface area contributed by atoms with E-state index in [1.807, 2.05) is 30.3 Å². The first kappa shape index (κ1) is 29.6. The molecule has 2 heterocycles. The van der Waals surface area contributed by atoms with Gasteiger partial charge in [-0.25, -0.2) is 14.6 Å². The number of nitrogens with one attached hydrogen (secondary N) is 2. The molecule has 1 atom stereocenters. The molecule has 1 unspecified atom stereocenters. The lowest BCUT2D eigenvalue weighted by atomic mass is 10.2. The van der Waals surface area contributed by atoms with Crippen LogP contribution < -0.4 is 15.4 Å². The minimum atomic E-state index is -1.12. The molecule has 0 radical (unpaired) electrons. The summed E-state index contributed by atoms with van der Waals surface area (Å²) in [7, 11) is 1.21. The molecule has 2 aromatic rings. The third kappa shape index (κ3) is 8.05. The molecular weight excluding hydrogens is 532 g/mol. The second-order valence-corrected chi connectivity index (χ2v) is 9.72. The number of rotatable bonds is 9. The van der Waals surface area contributed by atoms with Gasteiger partial charge in [0.25, 0.3) is 5.91 Å². The lowest BCUT2D eigenvalue weighted by Crippen LogP contribution is -2.58. The zero-order valence-electron chi connectivity index (χ0n) is 23.3. The molecule has 4 amide bonds. The Labute approximate surface area is 238 Å². The van der Waals surface area contributed by atoms with Crippen LogP contribution in [0.15, 0.2) is 36.4 Å². The molecule has 1 aromatic carbocycles. The fourth-order valence-corrected chi connectivity index (χ4v) is 4.73. The number of methoxy groups -OCH3 is 1. The van der Waals surface area contributed by atoms with E-state index in [4.69, 9.17) is 9.47 Å². The summed E-state index contributed by atoms with van der Waals surface area (Å²) in [5.41, 5.74) is 0.729. The lowest BCUT2D eigenvalue weighted by molar-refractivity contribution is -0.134. The zero-order valence-corrected chi connectivity index (χ0v) is 23.3. The number of benzene rings is 1. The Hall–Kier alpha value is -4.42. The highest BCUT2D eigenvalue weighted by Crippen LogP contribution is 2.25. The molecule has 1 aliphatic heterocycles. The second-order valence-electron chi connectivity index (χ2n) is 9.72. The van der Waals surface area contributed by atoms with Crippen molar-refractivity contribution in [1.82, 2.24) is 30.4 Å². The largest absolute Gasteiger partial charge is 0.474 e. The number of hydrogen-bond donors (Lipinski definition) is 2. The summed E-state index contributed by atoms with van der Waals surface area (Å²) in [4.78, 5) is 62.9. The summed E-state index contributed by atoms with van der Waals surface area (Å²) in [6.07, 6.45) is 2.78. The molecule has 1 aromatic heterocycles. The maximum Gasteiger partial charge on any atom is 0.409 e. The molecule has 41 heavy (non-hydrogen) atoms. The number of nitrogens with zero attached hydrogens (tertiary/aromatic N) is 4. The SMILES string of the molecule is CCOC(=O)N1CCN(C(=O)C(CNC(=O)OC)NC(=O)c2cc(OC3CCCC3)nc(-c3ccccc3)n2)CC1. The van der Waals surface area contributed by atoms with E-state index in [-0.39, 0.29) is 57.0 Å². The highest BCUT2D eigenvalue weighted by Gasteiger charge is 2.31. The Balaban J connectivity index is 1.52. The predicted molar refractivity (Wildman–Crippen MR) is 147 cm³/mol. The van der Waals surface area contributed by atoms with E-state index in [9.17, 15) is 19.2 Å². The first-order chi connectivity index (χ1) is 19.9. The number of hydrogen-bond acceptors (Lipinski definition) is 9. The normalized spacial score (nSPS) is 16.0. The van der Waals surface area contributed by atoms with Crippen LogP contribution in [0.1, 0.15) is 43.1 Å². The molecule has 220 valence electrons. The number of carbonyl (C=O) groups excluding carboxylic acids is 4. The van der Waals surface area contributed by atoms with E-state index < -0.39 is 30.0 Å². The van der Waals surface area contributed by atoms with Crippen LogP contribution in [0.2, 0.25) is 0 Å². The van der Waals surface area contributed by atoms with Crippen LogP contribution in [-0.2, 0) is 14.3 Å². The quantitative estimate of drug-likeness (QED) is 0.464. The Morgan fingerprint density at radius 2 is 1.68 bits per heavy atom. The van der Waals surface area contributed by atoms with Gasteiger partial charge in [0.1, 0.15) is 17.8 Å². The standard InChI is InChI=1S/C28H36N6O7/c1-3-40-28(38)34-15-13-33(14-16-34)26(36)22(18-29-27(37)39-2)31-25(35)21-17-23(41-20-11-7-8-12-20)32-24(30-21)19-9-5-4-6-10-19/h4-6,9-10,17,20,22H,3,7-8,11-16,18H2,1-2H3,(H,29,37)(H,31,35). The van der Waals surface area contributed by atoms with Crippen molar-refractivity contribution in [2.24, 2.45) is 0 Å². The van der Waals surface area contributed by atoms with E-state index >= 15 is 0 Å². The summed E-state index contributed by atoms with van der Waals surface area (Å²) in [5.74, 6) is -0.451.